The summed E-state index contributed by atoms with van der Waals surface area (Å²) >= 11 is 6.60. The standard InChI is InChI=1S/C63H82ClN9O15.C2HF3O2/c1-40(2)56(71-52(75)21-26-84-28-30-86-32-33-87-31-29-85-27-24-66-51(74)14-7-6-10-25-72-53(76)19-20-54(72)77)62(79)70-46(13-8-9-22-65)61(78)68-44-17-15-41(16-18-44)39-88-49-36-48-55(45-12-11-23-67-58(45)49)43(37-64)38-73(48)63(80)47-34-42-35-50(81-3)59(82-4)60(83-5)57(42)69-47;3-2(4,5)1(6)7/h11-12,15-20,23,34-36,40,43,46,56,69H,6-10,13-14,21-22,24-33,37-39,65H2,1-5H3,(H,66,74)(H,68,78)(H,70,79)(H,71,75);(H,6,7)/t43?,46-,56-;/m0./s1. The van der Waals surface area contributed by atoms with E-state index in [0.29, 0.717) is 154 Å². The van der Waals surface area contributed by atoms with Gasteiger partial charge in [-0.05, 0) is 86.0 Å². The predicted molar refractivity (Wildman–Crippen MR) is 345 cm³/mol. The van der Waals surface area contributed by atoms with Gasteiger partial charge in [0.2, 0.25) is 29.4 Å². The largest absolute Gasteiger partial charge is 0.493 e. The third-order valence-corrected chi connectivity index (χ3v) is 15.5. The number of H-pyrrole nitrogens is 1. The Morgan fingerprint density at radius 2 is 1.42 bits per heavy atom. The molecule has 30 heteroatoms. The van der Waals surface area contributed by atoms with Crippen LogP contribution in [0.3, 0.4) is 0 Å². The Bertz CT molecular complexity index is 3430. The first-order chi connectivity index (χ1) is 45.6. The van der Waals surface area contributed by atoms with Crippen molar-refractivity contribution in [3.8, 4) is 23.0 Å². The van der Waals surface area contributed by atoms with E-state index in [4.69, 9.17) is 70.1 Å². The van der Waals surface area contributed by atoms with Gasteiger partial charge in [-0.1, -0.05) is 38.5 Å². The highest BCUT2D eigenvalue weighted by molar-refractivity contribution is 6.19. The summed E-state index contributed by atoms with van der Waals surface area (Å²) in [4.78, 5) is 110. The molecule has 4 heterocycles. The second-order valence-electron chi connectivity index (χ2n) is 22.2. The number of nitrogens with one attached hydrogen (secondary N) is 5. The van der Waals surface area contributed by atoms with Crippen LogP contribution in [-0.4, -0.2) is 192 Å². The molecule has 2 aliphatic rings. The summed E-state index contributed by atoms with van der Waals surface area (Å²) < 4.78 is 77.2. The number of aliphatic carboxylic acids is 1. The number of rotatable bonds is 39. The number of unbranched alkanes of at least 4 members (excludes halogenated alkanes) is 3. The number of aromatic nitrogens is 2. The van der Waals surface area contributed by atoms with Crippen molar-refractivity contribution in [3.05, 3.63) is 89.8 Å². The first kappa shape index (κ1) is 75.4. The molecule has 2 aliphatic heterocycles. The van der Waals surface area contributed by atoms with E-state index in [1.54, 1.807) is 35.4 Å². The number of methoxy groups -OCH3 is 3. The van der Waals surface area contributed by atoms with Crippen LogP contribution in [0.1, 0.15) is 92.7 Å². The van der Waals surface area contributed by atoms with E-state index in [1.807, 2.05) is 44.2 Å². The number of carboxylic acids is 1. The molecule has 8 N–H and O–H groups in total. The van der Waals surface area contributed by atoms with Crippen molar-refractivity contribution in [1.29, 1.82) is 0 Å². The maximum atomic E-state index is 14.5. The van der Waals surface area contributed by atoms with E-state index in [0.717, 1.165) is 22.9 Å². The highest BCUT2D eigenvalue weighted by Crippen LogP contribution is 2.47. The molecule has 0 radical (unpaired) electrons. The number of halogens is 4. The number of carboxylic acid groups (broad SMARTS) is 1. The average molecular weight is 1350 g/mol. The first-order valence-corrected chi connectivity index (χ1v) is 31.5. The van der Waals surface area contributed by atoms with Gasteiger partial charge in [0, 0.05) is 85.1 Å². The van der Waals surface area contributed by atoms with Crippen LogP contribution in [0.2, 0.25) is 0 Å². The fourth-order valence-corrected chi connectivity index (χ4v) is 10.5. The monoisotopic (exact) mass is 1350 g/mol. The zero-order valence-corrected chi connectivity index (χ0v) is 54.5. The SMILES string of the molecule is COc1cc2cc(C(=O)N3CC(CCl)c4c3cc(OCc3ccc(NC(=O)[C@H](CCCCN)NC(=O)[C@@H](NC(=O)CCOCCOCCOCCOCCNC(=O)CCCCCN5C(=O)C=CC5=O)C(C)C)cc3)c3ncccc43)[nH]c2c(OC)c1OC.O=C(O)C(F)(F)F. The van der Waals surface area contributed by atoms with Crippen molar-refractivity contribution in [2.75, 3.05) is 116 Å². The van der Waals surface area contributed by atoms with E-state index < -0.39 is 36.0 Å². The molecule has 95 heavy (non-hydrogen) atoms. The van der Waals surface area contributed by atoms with Gasteiger partial charge in [-0.3, -0.25) is 43.4 Å². The molecule has 0 saturated carbocycles. The summed E-state index contributed by atoms with van der Waals surface area (Å²) in [5.74, 6) is -3.53. The van der Waals surface area contributed by atoms with Crippen LogP contribution >= 0.6 is 11.6 Å². The maximum absolute atomic E-state index is 14.5. The summed E-state index contributed by atoms with van der Waals surface area (Å²) in [6.45, 7) is 7.56. The minimum Gasteiger partial charge on any atom is -0.493 e. The molecular weight excluding hydrogens is 1270 g/mol. The summed E-state index contributed by atoms with van der Waals surface area (Å²) in [6, 6.07) is 14.4. The predicted octanol–water partition coefficient (Wildman–Crippen LogP) is 6.69. The average Bonchev–Trinajstić information content (AvgIpc) is 1.62. The van der Waals surface area contributed by atoms with Gasteiger partial charge in [-0.15, -0.1) is 11.6 Å². The number of alkyl halides is 4. The fraction of sp³-hybridized carbons (Fsp3) is 0.492. The molecule has 1 unspecified atom stereocenters. The molecule has 5 aromatic rings. The summed E-state index contributed by atoms with van der Waals surface area (Å²) in [7, 11) is 4.57. The molecule has 7 rings (SSSR count). The van der Waals surface area contributed by atoms with Crippen molar-refractivity contribution in [3.63, 3.8) is 0 Å². The van der Waals surface area contributed by atoms with Gasteiger partial charge in [0.05, 0.1) is 85.4 Å². The normalized spacial score (nSPS) is 14.1. The van der Waals surface area contributed by atoms with Gasteiger partial charge >= 0.3 is 12.1 Å². The minimum absolute atomic E-state index is 0.00228. The van der Waals surface area contributed by atoms with Crippen LogP contribution in [-0.2, 0) is 59.1 Å². The Hall–Kier alpha value is -8.61. The van der Waals surface area contributed by atoms with E-state index in [2.05, 4.69) is 26.3 Å². The quantitative estimate of drug-likeness (QED) is 0.0122. The molecule has 0 saturated heterocycles. The number of nitrogens with zero attached hydrogens (tertiary/aromatic N) is 3. The summed E-state index contributed by atoms with van der Waals surface area (Å²) in [5.41, 5.74) is 10.1. The minimum atomic E-state index is -5.08. The van der Waals surface area contributed by atoms with Gasteiger partial charge in [0.1, 0.15) is 35.7 Å². The van der Waals surface area contributed by atoms with Crippen molar-refractivity contribution in [1.82, 2.24) is 30.8 Å². The lowest BCUT2D eigenvalue weighted by molar-refractivity contribution is -0.192. The van der Waals surface area contributed by atoms with Gasteiger partial charge in [-0.2, -0.15) is 13.2 Å². The number of amides is 7. The van der Waals surface area contributed by atoms with Crippen molar-refractivity contribution >= 4 is 92.1 Å². The Kier molecular flexibility index (Phi) is 30.2. The van der Waals surface area contributed by atoms with Crippen LogP contribution in [0.15, 0.2) is 72.9 Å². The van der Waals surface area contributed by atoms with Crippen molar-refractivity contribution < 1.29 is 94.5 Å². The van der Waals surface area contributed by atoms with Crippen LogP contribution in [0.5, 0.6) is 23.0 Å². The van der Waals surface area contributed by atoms with Gasteiger partial charge in [0.15, 0.2) is 11.5 Å². The number of carbonyl (C=O) groups is 8. The van der Waals surface area contributed by atoms with E-state index in [1.165, 1.54) is 38.4 Å². The molecule has 0 aliphatic carbocycles. The Balaban J connectivity index is 0.00000193. The third-order valence-electron chi connectivity index (χ3n) is 15.1. The van der Waals surface area contributed by atoms with E-state index in [-0.39, 0.29) is 80.1 Å². The van der Waals surface area contributed by atoms with Gasteiger partial charge < -0.3 is 79.9 Å². The number of imide groups is 1. The zero-order valence-electron chi connectivity index (χ0n) is 53.7. The molecule has 7 amide bonds. The lowest BCUT2D eigenvalue weighted by Crippen LogP contribution is -2.54. The number of nitrogens with two attached hydrogens (primary N) is 1. The number of aromatic amines is 1. The molecular formula is C65H83ClF3N9O17. The second kappa shape index (κ2) is 38.1. The fourth-order valence-electron chi connectivity index (χ4n) is 10.3. The lowest BCUT2D eigenvalue weighted by Gasteiger charge is -2.25. The molecule has 2 aromatic heterocycles. The number of benzene rings is 3. The molecule has 26 nitrogen and oxygen atoms in total. The zero-order chi connectivity index (χ0) is 69.0. The number of fused-ring (bicyclic) bond motifs is 4. The smallest absolute Gasteiger partial charge is 0.490 e. The Labute approximate surface area is 552 Å². The van der Waals surface area contributed by atoms with Gasteiger partial charge in [-0.25, -0.2) is 4.79 Å². The van der Waals surface area contributed by atoms with Gasteiger partial charge in [0.25, 0.3) is 17.7 Å². The molecule has 0 bridgehead atoms. The Morgan fingerprint density at radius 3 is 2.03 bits per heavy atom. The highest BCUT2D eigenvalue weighted by Gasteiger charge is 2.39. The molecule has 3 atom stereocenters. The molecule has 3 aromatic carbocycles. The van der Waals surface area contributed by atoms with Crippen molar-refractivity contribution in [2.45, 2.75) is 96.0 Å². The highest BCUT2D eigenvalue weighted by atomic mass is 35.5. The van der Waals surface area contributed by atoms with Crippen LogP contribution in [0.4, 0.5) is 24.5 Å². The third kappa shape index (κ3) is 22.2. The number of anilines is 2. The summed E-state index contributed by atoms with van der Waals surface area (Å²) in [6.07, 6.45) is 3.05. The Morgan fingerprint density at radius 1 is 0.768 bits per heavy atom. The molecule has 518 valence electrons. The van der Waals surface area contributed by atoms with Crippen LogP contribution < -0.4 is 50.8 Å². The maximum Gasteiger partial charge on any atom is 0.490 e. The van der Waals surface area contributed by atoms with Crippen LogP contribution in [0.25, 0.3) is 21.8 Å². The second-order valence-corrected chi connectivity index (χ2v) is 22.5. The van der Waals surface area contributed by atoms with E-state index >= 15 is 0 Å². The number of hydrogen-bond donors (Lipinski definition) is 7. The molecule has 0 spiro atoms. The number of pyridine rings is 1. The van der Waals surface area contributed by atoms with Crippen LogP contribution in [0, 0.1) is 5.92 Å². The number of carbonyl (C=O) groups excluding carboxylic acids is 7. The lowest BCUT2D eigenvalue weighted by atomic mass is 9.97. The number of hydrogen-bond acceptors (Lipinski definition) is 18. The number of ether oxygens (including phenoxy) is 8. The topological polar surface area (TPSA) is 340 Å². The summed E-state index contributed by atoms with van der Waals surface area (Å²) in [5, 5.41) is 20.1. The first-order valence-electron chi connectivity index (χ1n) is 31.0. The molecule has 0 fully saturated rings. The van der Waals surface area contributed by atoms with Crippen molar-refractivity contribution in [2.24, 2.45) is 11.7 Å². The van der Waals surface area contributed by atoms with E-state index in [9.17, 15) is 46.7 Å².